The second kappa shape index (κ2) is 19.2. The van der Waals surface area contributed by atoms with E-state index in [1.165, 1.54) is 0 Å². The van der Waals surface area contributed by atoms with Crippen LogP contribution in [0.2, 0.25) is 0 Å². The van der Waals surface area contributed by atoms with Crippen molar-refractivity contribution in [2.45, 2.75) is 124 Å². The Morgan fingerprint density at radius 1 is 0.673 bits per heavy atom. The fraction of sp³-hybridized carbons (Fsp3) is 0.862. The number of aliphatic hydroxyl groups excluding tert-OH is 10. The van der Waals surface area contributed by atoms with Crippen LogP contribution in [0.1, 0.15) is 32.1 Å². The molecule has 4 saturated heterocycles. The molecule has 23 heteroatoms. The number of aliphatic hydroxyl groups is 10. The molecule has 4 rings (SSSR count). The molecule has 52 heavy (non-hydrogen) atoms. The highest BCUT2D eigenvalue weighted by atomic mass is 16.8. The fourth-order valence-corrected chi connectivity index (χ4v) is 5.72. The van der Waals surface area contributed by atoms with Crippen LogP contribution in [0, 0.1) is 0 Å². The van der Waals surface area contributed by atoms with Crippen LogP contribution in [0.25, 0.3) is 0 Å². The summed E-state index contributed by atoms with van der Waals surface area (Å²) in [7, 11) is 0. The second-order valence-electron chi connectivity index (χ2n) is 12.5. The Balaban J connectivity index is 1.33. The first kappa shape index (κ1) is 42.2. The van der Waals surface area contributed by atoms with Gasteiger partial charge in [-0.2, -0.15) is 0 Å². The van der Waals surface area contributed by atoms with Crippen molar-refractivity contribution in [2.24, 2.45) is 0 Å². The first-order chi connectivity index (χ1) is 24.7. The first-order valence-electron chi connectivity index (χ1n) is 16.5. The lowest BCUT2D eigenvalue weighted by atomic mass is 9.96. The van der Waals surface area contributed by atoms with Crippen molar-refractivity contribution in [3.63, 3.8) is 0 Å². The fourth-order valence-electron chi connectivity index (χ4n) is 5.72. The van der Waals surface area contributed by atoms with Crippen LogP contribution in [0.3, 0.4) is 0 Å². The summed E-state index contributed by atoms with van der Waals surface area (Å²) >= 11 is 0. The molecule has 0 spiro atoms. The van der Waals surface area contributed by atoms with E-state index < -0.39 is 136 Å². The monoisotopic (exact) mass is 758 g/mol. The molecule has 11 N–H and O–H groups in total. The summed E-state index contributed by atoms with van der Waals surface area (Å²) in [5, 5.41) is 105. The van der Waals surface area contributed by atoms with E-state index in [1.54, 1.807) is 0 Å². The molecule has 15 atom stereocenters. The van der Waals surface area contributed by atoms with Gasteiger partial charge in [-0.3, -0.25) is 14.4 Å². The lowest BCUT2D eigenvalue weighted by Gasteiger charge is -2.46. The molecule has 0 aliphatic carbocycles. The molecular weight excluding hydrogens is 712 g/mol. The normalized spacial score (nSPS) is 39.8. The van der Waals surface area contributed by atoms with Gasteiger partial charge in [0.25, 0.3) is 11.8 Å². The Morgan fingerprint density at radius 3 is 1.81 bits per heavy atom. The molecule has 0 saturated carbocycles. The number of hydroxylamine groups is 2. The molecule has 4 aliphatic heterocycles. The van der Waals surface area contributed by atoms with Crippen molar-refractivity contribution in [1.29, 1.82) is 0 Å². The molecule has 0 unspecified atom stereocenters. The Labute approximate surface area is 295 Å². The maximum atomic E-state index is 12.3. The van der Waals surface area contributed by atoms with Crippen molar-refractivity contribution < 1.29 is 104 Å². The third kappa shape index (κ3) is 10.1. The van der Waals surface area contributed by atoms with Crippen LogP contribution in [-0.2, 0) is 52.4 Å². The summed E-state index contributed by atoms with van der Waals surface area (Å²) in [4.78, 5) is 52.1. The van der Waals surface area contributed by atoms with Gasteiger partial charge in [-0.1, -0.05) is 0 Å². The van der Waals surface area contributed by atoms with Gasteiger partial charge in [0.15, 0.2) is 18.9 Å². The molecule has 0 aromatic rings. The average molecular weight is 759 g/mol. The van der Waals surface area contributed by atoms with Crippen molar-refractivity contribution >= 4 is 23.7 Å². The largest absolute Gasteiger partial charge is 0.394 e. The summed E-state index contributed by atoms with van der Waals surface area (Å²) in [5.41, 5.74) is 0. The van der Waals surface area contributed by atoms with Gasteiger partial charge in [-0.15, -0.1) is 5.06 Å². The lowest BCUT2D eigenvalue weighted by molar-refractivity contribution is -0.366. The maximum Gasteiger partial charge on any atom is 0.333 e. The van der Waals surface area contributed by atoms with Crippen LogP contribution >= 0.6 is 0 Å². The summed E-state index contributed by atoms with van der Waals surface area (Å²) in [6, 6.07) is 0. The number of hydrogen-bond donors (Lipinski definition) is 11. The highest BCUT2D eigenvalue weighted by Gasteiger charge is 2.52. The summed E-state index contributed by atoms with van der Waals surface area (Å²) < 4.78 is 32.9. The molecule has 0 aromatic heterocycles. The second-order valence-corrected chi connectivity index (χ2v) is 12.5. The number of nitrogens with one attached hydrogen (secondary N) is 1. The predicted octanol–water partition coefficient (Wildman–Crippen LogP) is -7.65. The molecule has 0 aromatic carbocycles. The van der Waals surface area contributed by atoms with Gasteiger partial charge in [0.05, 0.1) is 26.4 Å². The van der Waals surface area contributed by atoms with E-state index in [0.717, 1.165) is 0 Å². The number of amides is 3. The number of hydrogen-bond acceptors (Lipinski definition) is 21. The zero-order valence-corrected chi connectivity index (χ0v) is 27.6. The van der Waals surface area contributed by atoms with Crippen LogP contribution in [0.4, 0.5) is 0 Å². The Bertz CT molecular complexity index is 1190. The van der Waals surface area contributed by atoms with E-state index in [2.05, 4.69) is 5.32 Å². The number of ether oxygens (including phenoxy) is 6. The number of rotatable bonds is 16. The number of imide groups is 1. The van der Waals surface area contributed by atoms with Crippen LogP contribution < -0.4 is 5.32 Å². The molecule has 0 radical (unpaired) electrons. The highest BCUT2D eigenvalue weighted by Crippen LogP contribution is 2.31. The molecule has 4 heterocycles. The average Bonchev–Trinajstić information content (AvgIpc) is 3.43. The molecule has 298 valence electrons. The Morgan fingerprint density at radius 2 is 1.21 bits per heavy atom. The van der Waals surface area contributed by atoms with E-state index in [4.69, 9.17) is 33.3 Å². The third-order valence-corrected chi connectivity index (χ3v) is 8.74. The predicted molar refractivity (Wildman–Crippen MR) is 159 cm³/mol. The SMILES string of the molecule is O=C(CCCC(=O)ON1C(=O)CCC1=O)NCCO[C@H]1O[C@H](CO[C@H]2O[C@H](CO)[C@@H](O)[C@H](O)[C@@H]2O)[C@@H](O)[C@H](O[C@H]2O[C@H](CO)[C@@H](O)[C@H](O)[C@@H]2O)[C@H]1O. The number of nitrogens with zero attached hydrogens (tertiary/aromatic N) is 1. The van der Waals surface area contributed by atoms with E-state index in [1.807, 2.05) is 0 Å². The molecule has 0 bridgehead atoms. The van der Waals surface area contributed by atoms with Gasteiger partial charge in [0.2, 0.25) is 5.91 Å². The topological polar surface area (TPSA) is 350 Å². The third-order valence-electron chi connectivity index (χ3n) is 8.74. The Kier molecular flexibility index (Phi) is 15.5. The summed E-state index contributed by atoms with van der Waals surface area (Å²) in [6.45, 7) is -2.71. The molecular formula is C29H46N2O21. The van der Waals surface area contributed by atoms with Gasteiger partial charge in [0, 0.05) is 32.2 Å². The minimum Gasteiger partial charge on any atom is -0.394 e. The summed E-state index contributed by atoms with van der Waals surface area (Å²) in [6.07, 6.45) is -26.1. The zero-order chi connectivity index (χ0) is 38.3. The smallest absolute Gasteiger partial charge is 0.333 e. The summed E-state index contributed by atoms with van der Waals surface area (Å²) in [5.74, 6) is -2.69. The van der Waals surface area contributed by atoms with E-state index in [0.29, 0.717) is 5.06 Å². The van der Waals surface area contributed by atoms with Gasteiger partial charge < -0.3 is 89.6 Å². The van der Waals surface area contributed by atoms with Crippen molar-refractivity contribution in [3.8, 4) is 0 Å². The standard InChI is InChI=1S/C29H46N2O21/c32-8-11-18(38)21(41)23(43)27(48-11)47-10-13-20(40)26(51-29-24(44)22(42)19(39)12(9-33)49-29)25(45)28(50-13)46-7-6-30-14(34)2-1-3-17(37)52-31-15(35)4-5-16(31)36/h11-13,18-29,32-33,38-45H,1-10H2,(H,30,34)/t11-,12-,13-,18-,19-,20-,21+,22+,23+,24+,25-,26+,27+,28+,29-/m1/s1. The highest BCUT2D eigenvalue weighted by molar-refractivity contribution is 6.01. The Hall–Kier alpha value is -2.56. The minimum absolute atomic E-state index is 0.0111. The van der Waals surface area contributed by atoms with E-state index in [-0.39, 0.29) is 45.3 Å². The molecule has 3 amide bonds. The van der Waals surface area contributed by atoms with Gasteiger partial charge in [0.1, 0.15) is 73.2 Å². The van der Waals surface area contributed by atoms with Crippen LogP contribution in [0.15, 0.2) is 0 Å². The van der Waals surface area contributed by atoms with E-state index in [9.17, 15) is 70.2 Å². The number of carbonyl (C=O) groups is 4. The lowest BCUT2D eigenvalue weighted by Crippen LogP contribution is -2.65. The van der Waals surface area contributed by atoms with Crippen LogP contribution in [-0.4, -0.2) is 205 Å². The minimum atomic E-state index is -1.93. The molecule has 4 fully saturated rings. The van der Waals surface area contributed by atoms with Crippen molar-refractivity contribution in [3.05, 3.63) is 0 Å². The molecule has 4 aliphatic rings. The quantitative estimate of drug-likeness (QED) is 0.0514. The van der Waals surface area contributed by atoms with E-state index >= 15 is 0 Å². The van der Waals surface area contributed by atoms with Crippen molar-refractivity contribution in [1.82, 2.24) is 10.4 Å². The van der Waals surface area contributed by atoms with Gasteiger partial charge in [-0.05, 0) is 6.42 Å². The molecule has 23 nitrogen and oxygen atoms in total. The van der Waals surface area contributed by atoms with Gasteiger partial charge in [-0.25, -0.2) is 4.79 Å². The van der Waals surface area contributed by atoms with Crippen molar-refractivity contribution in [2.75, 3.05) is 33.0 Å². The number of carbonyl (C=O) groups excluding carboxylic acids is 4. The van der Waals surface area contributed by atoms with Gasteiger partial charge >= 0.3 is 5.97 Å². The van der Waals surface area contributed by atoms with Crippen LogP contribution in [0.5, 0.6) is 0 Å². The zero-order valence-electron chi connectivity index (χ0n) is 27.6. The first-order valence-corrected chi connectivity index (χ1v) is 16.5. The maximum absolute atomic E-state index is 12.3.